The topological polar surface area (TPSA) is 53.6 Å². The second-order valence-corrected chi connectivity index (χ2v) is 6.94. The normalized spacial score (nSPS) is 12.8. The lowest BCUT2D eigenvalue weighted by atomic mass is 10.0. The molecule has 0 aliphatic carbocycles. The maximum absolute atomic E-state index is 6.09. The first-order valence-corrected chi connectivity index (χ1v) is 8.83. The van der Waals surface area contributed by atoms with Crippen molar-refractivity contribution in [3.63, 3.8) is 0 Å². The number of likely N-dealkylation sites (N-methyl/N-ethyl adjacent to an activating group) is 1. The molecule has 2 aromatic carbocycles. The lowest BCUT2D eigenvalue weighted by molar-refractivity contribution is 0.298. The number of aliphatic imine (C=N–C) groups is 1. The number of halogens is 1. The van der Waals surface area contributed by atoms with E-state index in [4.69, 9.17) is 5.73 Å². The Kier molecular flexibility index (Phi) is 9.65. The van der Waals surface area contributed by atoms with E-state index in [1.54, 1.807) is 0 Å². The molecule has 0 aliphatic heterocycles. The van der Waals surface area contributed by atoms with Crippen molar-refractivity contribution >= 4 is 35.6 Å². The number of nitrogens with zero attached hydrogens (tertiary/aromatic N) is 2. The number of hydrogen-bond acceptors (Lipinski definition) is 2. The van der Waals surface area contributed by atoms with Gasteiger partial charge in [-0.05, 0) is 49.7 Å². The summed E-state index contributed by atoms with van der Waals surface area (Å²) in [5, 5.41) is 3.20. The van der Waals surface area contributed by atoms with Crippen molar-refractivity contribution in [1.82, 2.24) is 4.90 Å². The van der Waals surface area contributed by atoms with Crippen molar-refractivity contribution < 1.29 is 0 Å². The molecule has 26 heavy (non-hydrogen) atoms. The summed E-state index contributed by atoms with van der Waals surface area (Å²) in [5.41, 5.74) is 9.68. The summed E-state index contributed by atoms with van der Waals surface area (Å²) in [6, 6.07) is 19.1. The quantitative estimate of drug-likeness (QED) is 0.363. The van der Waals surface area contributed by atoms with Crippen molar-refractivity contribution in [1.29, 1.82) is 0 Å². The van der Waals surface area contributed by atoms with E-state index >= 15 is 0 Å². The Morgan fingerprint density at radius 3 is 2.38 bits per heavy atom. The molecule has 0 fully saturated rings. The zero-order valence-electron chi connectivity index (χ0n) is 16.1. The van der Waals surface area contributed by atoms with E-state index in [0.717, 1.165) is 12.1 Å². The van der Waals surface area contributed by atoms with Crippen molar-refractivity contribution in [2.75, 3.05) is 26.0 Å². The molecule has 0 saturated heterocycles. The molecule has 0 spiro atoms. The van der Waals surface area contributed by atoms with Crippen LogP contribution >= 0.6 is 24.0 Å². The maximum atomic E-state index is 6.09. The van der Waals surface area contributed by atoms with Crippen molar-refractivity contribution in [3.8, 4) is 0 Å². The zero-order valence-corrected chi connectivity index (χ0v) is 18.5. The van der Waals surface area contributed by atoms with Gasteiger partial charge in [0.25, 0.3) is 0 Å². The fraction of sp³-hybridized carbons (Fsp3) is 0.381. The molecule has 0 heterocycles. The molecule has 0 amide bonds. The van der Waals surface area contributed by atoms with E-state index < -0.39 is 0 Å². The summed E-state index contributed by atoms with van der Waals surface area (Å²) >= 11 is 0. The van der Waals surface area contributed by atoms with Crippen LogP contribution in [0.15, 0.2) is 59.6 Å². The summed E-state index contributed by atoms with van der Waals surface area (Å²) < 4.78 is 0. The SMILES string of the molecule is CC(C)c1cccc(NC(N)=NCC(Cc2ccccc2)N(C)C)c1.I. The summed E-state index contributed by atoms with van der Waals surface area (Å²) in [5.74, 6) is 0.949. The number of rotatable bonds is 7. The molecule has 2 aromatic rings. The predicted octanol–water partition coefficient (Wildman–Crippen LogP) is 4.33. The third-order valence-electron chi connectivity index (χ3n) is 4.34. The summed E-state index contributed by atoms with van der Waals surface area (Å²) in [6.45, 7) is 5.02. The molecule has 0 bridgehead atoms. The van der Waals surface area contributed by atoms with Gasteiger partial charge in [0, 0.05) is 11.7 Å². The van der Waals surface area contributed by atoms with Crippen molar-refractivity contribution in [3.05, 3.63) is 65.7 Å². The lowest BCUT2D eigenvalue weighted by Crippen LogP contribution is -2.34. The second kappa shape index (κ2) is 11.2. The first-order chi connectivity index (χ1) is 12.0. The third kappa shape index (κ3) is 7.33. The van der Waals surface area contributed by atoms with Gasteiger partial charge >= 0.3 is 0 Å². The monoisotopic (exact) mass is 466 g/mol. The Balaban J connectivity index is 0.00000338. The molecular formula is C21H31IN4. The number of anilines is 1. The first kappa shape index (κ1) is 22.4. The van der Waals surface area contributed by atoms with Gasteiger partial charge in [-0.3, -0.25) is 4.99 Å². The van der Waals surface area contributed by atoms with Gasteiger partial charge in [0.1, 0.15) is 0 Å². The molecule has 2 rings (SSSR count). The third-order valence-corrected chi connectivity index (χ3v) is 4.34. The Hall–Kier alpha value is -1.60. The minimum Gasteiger partial charge on any atom is -0.370 e. The van der Waals surface area contributed by atoms with Crippen LogP contribution in [-0.4, -0.2) is 37.5 Å². The van der Waals surface area contributed by atoms with Crippen LogP contribution in [0, 0.1) is 0 Å². The highest BCUT2D eigenvalue weighted by Gasteiger charge is 2.12. The van der Waals surface area contributed by atoms with Gasteiger partial charge in [0.15, 0.2) is 5.96 Å². The predicted molar refractivity (Wildman–Crippen MR) is 124 cm³/mol. The number of guanidine groups is 1. The molecule has 0 saturated carbocycles. The summed E-state index contributed by atoms with van der Waals surface area (Å²) in [6.07, 6.45) is 0.952. The smallest absolute Gasteiger partial charge is 0.193 e. The average Bonchev–Trinajstić information content (AvgIpc) is 2.59. The Morgan fingerprint density at radius 1 is 1.08 bits per heavy atom. The molecule has 0 aliphatic rings. The van der Waals surface area contributed by atoms with Crippen LogP contribution in [0.4, 0.5) is 5.69 Å². The Bertz CT molecular complexity index is 683. The molecule has 1 unspecified atom stereocenters. The molecule has 142 valence electrons. The highest BCUT2D eigenvalue weighted by Crippen LogP contribution is 2.18. The van der Waals surface area contributed by atoms with Crippen LogP contribution in [0.1, 0.15) is 30.9 Å². The molecule has 0 aromatic heterocycles. The van der Waals surface area contributed by atoms with Gasteiger partial charge in [-0.15, -0.1) is 24.0 Å². The van der Waals surface area contributed by atoms with Gasteiger partial charge in [0.05, 0.1) is 6.54 Å². The van der Waals surface area contributed by atoms with Gasteiger partial charge in [-0.2, -0.15) is 0 Å². The minimum atomic E-state index is 0. The number of hydrogen-bond donors (Lipinski definition) is 2. The minimum absolute atomic E-state index is 0. The largest absolute Gasteiger partial charge is 0.370 e. The van der Waals surface area contributed by atoms with E-state index in [1.807, 2.05) is 18.2 Å². The zero-order chi connectivity index (χ0) is 18.2. The highest BCUT2D eigenvalue weighted by atomic mass is 127. The van der Waals surface area contributed by atoms with E-state index in [-0.39, 0.29) is 24.0 Å². The van der Waals surface area contributed by atoms with Crippen molar-refractivity contribution in [2.24, 2.45) is 10.7 Å². The van der Waals surface area contributed by atoms with Crippen LogP contribution in [0.5, 0.6) is 0 Å². The number of benzene rings is 2. The van der Waals surface area contributed by atoms with E-state index in [0.29, 0.717) is 24.5 Å². The van der Waals surface area contributed by atoms with Gasteiger partial charge in [0.2, 0.25) is 0 Å². The van der Waals surface area contributed by atoms with Gasteiger partial charge in [-0.1, -0.05) is 56.3 Å². The highest BCUT2D eigenvalue weighted by molar-refractivity contribution is 14.0. The average molecular weight is 466 g/mol. The number of nitrogens with two attached hydrogens (primary N) is 1. The van der Waals surface area contributed by atoms with E-state index in [2.05, 4.69) is 79.6 Å². The van der Waals surface area contributed by atoms with E-state index in [9.17, 15) is 0 Å². The first-order valence-electron chi connectivity index (χ1n) is 8.83. The van der Waals surface area contributed by atoms with Crippen LogP contribution in [0.25, 0.3) is 0 Å². The summed E-state index contributed by atoms with van der Waals surface area (Å²) in [7, 11) is 4.16. The van der Waals surface area contributed by atoms with Crippen LogP contribution in [0.3, 0.4) is 0 Å². The molecule has 0 radical (unpaired) electrons. The summed E-state index contributed by atoms with van der Waals surface area (Å²) in [4.78, 5) is 6.75. The van der Waals surface area contributed by atoms with Crippen LogP contribution < -0.4 is 11.1 Å². The van der Waals surface area contributed by atoms with Crippen LogP contribution in [0.2, 0.25) is 0 Å². The van der Waals surface area contributed by atoms with Gasteiger partial charge in [-0.25, -0.2) is 0 Å². The van der Waals surface area contributed by atoms with Gasteiger partial charge < -0.3 is 16.0 Å². The lowest BCUT2D eigenvalue weighted by Gasteiger charge is -2.23. The second-order valence-electron chi connectivity index (χ2n) is 6.94. The van der Waals surface area contributed by atoms with Crippen molar-refractivity contribution in [2.45, 2.75) is 32.2 Å². The van der Waals surface area contributed by atoms with E-state index in [1.165, 1.54) is 11.1 Å². The van der Waals surface area contributed by atoms with Crippen LogP contribution in [-0.2, 0) is 6.42 Å². The standard InChI is InChI=1S/C21H30N4.HI/c1-16(2)18-11-8-12-19(14-18)24-21(22)23-15-20(25(3)4)13-17-9-6-5-7-10-17;/h5-12,14,16,20H,13,15H2,1-4H3,(H3,22,23,24);1H. The fourth-order valence-corrected chi connectivity index (χ4v) is 2.66. The molecular weight excluding hydrogens is 435 g/mol. The maximum Gasteiger partial charge on any atom is 0.193 e. The number of nitrogens with one attached hydrogen (secondary N) is 1. The Labute approximate surface area is 174 Å². The molecule has 4 nitrogen and oxygen atoms in total. The Morgan fingerprint density at radius 2 is 1.77 bits per heavy atom. The molecule has 1 atom stereocenters. The molecule has 5 heteroatoms. The molecule has 3 N–H and O–H groups in total. The fourth-order valence-electron chi connectivity index (χ4n) is 2.66.